The molecule has 0 radical (unpaired) electrons. The Labute approximate surface area is 158 Å². The molecule has 0 aliphatic carbocycles. The van der Waals surface area contributed by atoms with Gasteiger partial charge in [-0.2, -0.15) is 13.6 Å². The number of nitrogens with two attached hydrogens (primary N) is 1. The minimum Gasteiger partial charge on any atom is -0.415 e. The molecule has 3 aromatic heterocycles. The molecular weight excluding hydrogens is 398 g/mol. The zero-order valence-electron chi connectivity index (χ0n) is 14.2. The molecule has 0 aliphatic rings. The van der Waals surface area contributed by atoms with E-state index in [0.717, 1.165) is 16.9 Å². The zero-order valence-corrected chi connectivity index (χ0v) is 14.2. The van der Waals surface area contributed by atoms with Crippen molar-refractivity contribution >= 4 is 5.69 Å². The third-order valence-corrected chi connectivity index (χ3v) is 3.64. The van der Waals surface area contributed by atoms with Crippen LogP contribution in [0.5, 0.6) is 0 Å². The van der Waals surface area contributed by atoms with Crippen LogP contribution in [-0.2, 0) is 6.54 Å². The number of tetrazole rings is 1. The molecule has 0 amide bonds. The number of benzene rings is 1. The summed E-state index contributed by atoms with van der Waals surface area (Å²) in [5.74, 6) is -3.19. The second-order valence-electron chi connectivity index (χ2n) is 5.65. The Bertz CT molecular complexity index is 1140. The number of anilines is 1. The molecule has 2 N–H and O–H groups in total. The smallest absolute Gasteiger partial charge is 0.314 e. The molecule has 0 unspecified atom stereocenters. The minimum absolute atomic E-state index is 0.0350. The number of alkyl halides is 2. The van der Waals surface area contributed by atoms with E-state index < -0.39 is 36.4 Å². The van der Waals surface area contributed by atoms with Crippen molar-refractivity contribution in [3.63, 3.8) is 0 Å². The van der Waals surface area contributed by atoms with E-state index in [0.29, 0.717) is 5.69 Å². The van der Waals surface area contributed by atoms with Crippen LogP contribution < -0.4 is 5.73 Å². The van der Waals surface area contributed by atoms with E-state index in [-0.39, 0.29) is 22.8 Å². The van der Waals surface area contributed by atoms with Gasteiger partial charge in [0.2, 0.25) is 17.5 Å². The number of hydrogen-bond acceptors (Lipinski definition) is 9. The van der Waals surface area contributed by atoms with Crippen molar-refractivity contribution in [3.8, 4) is 23.1 Å². The Kier molecular flexibility index (Phi) is 4.58. The molecular formula is C15H9F4N9O. The highest BCUT2D eigenvalue weighted by molar-refractivity contribution is 5.54. The third kappa shape index (κ3) is 3.71. The fraction of sp³-hybridized carbons (Fsp3) is 0.133. The van der Waals surface area contributed by atoms with E-state index in [4.69, 9.17) is 10.2 Å². The van der Waals surface area contributed by atoms with Crippen molar-refractivity contribution in [2.24, 2.45) is 0 Å². The lowest BCUT2D eigenvalue weighted by atomic mass is 10.1. The van der Waals surface area contributed by atoms with Crippen LogP contribution >= 0.6 is 0 Å². The SMILES string of the molecule is Nc1cnc(-c2nnn(Cc3c(F)cc(-c4nnc(C(F)F)o4)cc3F)n2)nc1. The third-order valence-electron chi connectivity index (χ3n) is 3.64. The first-order chi connectivity index (χ1) is 13.9. The Balaban J connectivity index is 1.58. The molecule has 0 saturated carbocycles. The van der Waals surface area contributed by atoms with Gasteiger partial charge in [-0.25, -0.2) is 18.7 Å². The van der Waals surface area contributed by atoms with E-state index in [1.165, 1.54) is 12.4 Å². The van der Waals surface area contributed by atoms with Gasteiger partial charge >= 0.3 is 6.43 Å². The van der Waals surface area contributed by atoms with E-state index in [1.807, 2.05) is 0 Å². The Hall–Kier alpha value is -3.97. The molecule has 4 rings (SSSR count). The molecule has 148 valence electrons. The van der Waals surface area contributed by atoms with Crippen LogP contribution in [0.3, 0.4) is 0 Å². The maximum absolute atomic E-state index is 14.4. The monoisotopic (exact) mass is 407 g/mol. The van der Waals surface area contributed by atoms with Crippen molar-refractivity contribution in [2.45, 2.75) is 13.0 Å². The molecule has 0 spiro atoms. The average molecular weight is 407 g/mol. The number of hydrogen-bond donors (Lipinski definition) is 1. The average Bonchev–Trinajstić information content (AvgIpc) is 3.35. The number of nitrogen functional groups attached to an aromatic ring is 1. The lowest BCUT2D eigenvalue weighted by molar-refractivity contribution is 0.116. The zero-order chi connectivity index (χ0) is 20.5. The summed E-state index contributed by atoms with van der Waals surface area (Å²) in [6.07, 6.45) is -0.307. The molecule has 0 fully saturated rings. The highest BCUT2D eigenvalue weighted by atomic mass is 19.3. The summed E-state index contributed by atoms with van der Waals surface area (Å²) < 4.78 is 58.6. The van der Waals surface area contributed by atoms with Crippen molar-refractivity contribution in [1.82, 2.24) is 40.4 Å². The van der Waals surface area contributed by atoms with E-state index >= 15 is 0 Å². The summed E-state index contributed by atoms with van der Waals surface area (Å²) in [6.45, 7) is -0.397. The summed E-state index contributed by atoms with van der Waals surface area (Å²) in [5.41, 5.74) is 5.26. The maximum atomic E-state index is 14.4. The second kappa shape index (κ2) is 7.21. The quantitative estimate of drug-likeness (QED) is 0.493. The summed E-state index contributed by atoms with van der Waals surface area (Å²) >= 11 is 0. The molecule has 0 atom stereocenters. The molecule has 10 nitrogen and oxygen atoms in total. The molecule has 0 bridgehead atoms. The van der Waals surface area contributed by atoms with Crippen LogP contribution in [0.4, 0.5) is 23.2 Å². The predicted octanol–water partition coefficient (Wildman–Crippen LogP) is 2.03. The highest BCUT2D eigenvalue weighted by Crippen LogP contribution is 2.26. The fourth-order valence-corrected chi connectivity index (χ4v) is 2.31. The summed E-state index contributed by atoms with van der Waals surface area (Å²) in [7, 11) is 0. The number of aromatic nitrogens is 8. The van der Waals surface area contributed by atoms with Crippen molar-refractivity contribution < 1.29 is 22.0 Å². The minimum atomic E-state index is -3.00. The van der Waals surface area contributed by atoms with Crippen molar-refractivity contribution in [2.75, 3.05) is 5.73 Å². The summed E-state index contributed by atoms with van der Waals surface area (Å²) in [4.78, 5) is 8.79. The first-order valence-corrected chi connectivity index (χ1v) is 7.86. The number of rotatable bonds is 5. The van der Waals surface area contributed by atoms with Crippen LogP contribution in [0.25, 0.3) is 23.1 Å². The van der Waals surface area contributed by atoms with Gasteiger partial charge in [-0.05, 0) is 17.3 Å². The molecule has 0 aliphatic heterocycles. The first-order valence-electron chi connectivity index (χ1n) is 7.86. The maximum Gasteiger partial charge on any atom is 0.314 e. The summed E-state index contributed by atoms with van der Waals surface area (Å²) in [5, 5.41) is 17.9. The largest absolute Gasteiger partial charge is 0.415 e. The van der Waals surface area contributed by atoms with Gasteiger partial charge < -0.3 is 10.2 Å². The summed E-state index contributed by atoms with van der Waals surface area (Å²) in [6, 6.07) is 1.75. The van der Waals surface area contributed by atoms with Gasteiger partial charge in [0.25, 0.3) is 5.89 Å². The molecule has 29 heavy (non-hydrogen) atoms. The van der Waals surface area contributed by atoms with E-state index in [2.05, 4.69) is 35.6 Å². The lowest BCUT2D eigenvalue weighted by Crippen LogP contribution is -2.08. The first kappa shape index (κ1) is 18.4. The number of nitrogens with zero attached hydrogens (tertiary/aromatic N) is 8. The second-order valence-corrected chi connectivity index (χ2v) is 5.65. The Morgan fingerprint density at radius 2 is 1.69 bits per heavy atom. The standard InChI is InChI=1S/C15H9F4N9O/c16-9-1-6(14-24-25-15(29-14)11(18)19)2-10(17)8(9)5-28-26-13(23-27-28)12-21-3-7(20)4-22-12/h1-4,11H,5,20H2. The van der Waals surface area contributed by atoms with Gasteiger partial charge in [-0.1, -0.05) is 0 Å². The topological polar surface area (TPSA) is 134 Å². The van der Waals surface area contributed by atoms with Gasteiger partial charge in [0.1, 0.15) is 11.6 Å². The van der Waals surface area contributed by atoms with Crippen molar-refractivity contribution in [1.29, 1.82) is 0 Å². The number of halogens is 4. The van der Waals surface area contributed by atoms with E-state index in [9.17, 15) is 17.6 Å². The van der Waals surface area contributed by atoms with Gasteiger partial charge in [-0.3, -0.25) is 0 Å². The molecule has 14 heteroatoms. The van der Waals surface area contributed by atoms with Gasteiger partial charge in [0.05, 0.1) is 24.6 Å². The van der Waals surface area contributed by atoms with Crippen LogP contribution in [0, 0.1) is 11.6 Å². The molecule has 1 aromatic carbocycles. The molecule has 3 heterocycles. The van der Waals surface area contributed by atoms with Crippen LogP contribution in [0.15, 0.2) is 28.9 Å². The van der Waals surface area contributed by atoms with Crippen LogP contribution in [-0.4, -0.2) is 40.4 Å². The van der Waals surface area contributed by atoms with Gasteiger partial charge in [0.15, 0.2) is 0 Å². The fourth-order valence-electron chi connectivity index (χ4n) is 2.31. The normalized spacial score (nSPS) is 11.3. The van der Waals surface area contributed by atoms with Gasteiger partial charge in [0, 0.05) is 11.1 Å². The van der Waals surface area contributed by atoms with Crippen molar-refractivity contribution in [3.05, 3.63) is 47.6 Å². The Morgan fingerprint density at radius 1 is 1.00 bits per heavy atom. The van der Waals surface area contributed by atoms with Crippen LogP contribution in [0.1, 0.15) is 17.9 Å². The van der Waals surface area contributed by atoms with E-state index in [1.54, 1.807) is 0 Å². The predicted molar refractivity (Wildman–Crippen MR) is 87.0 cm³/mol. The van der Waals surface area contributed by atoms with Crippen LogP contribution in [0.2, 0.25) is 0 Å². The lowest BCUT2D eigenvalue weighted by Gasteiger charge is -2.05. The highest BCUT2D eigenvalue weighted by Gasteiger charge is 2.20. The molecule has 0 saturated heterocycles. The van der Waals surface area contributed by atoms with Gasteiger partial charge in [-0.15, -0.1) is 20.4 Å². The molecule has 4 aromatic rings. The Morgan fingerprint density at radius 3 is 2.31 bits per heavy atom.